The summed E-state index contributed by atoms with van der Waals surface area (Å²) >= 11 is 0. The standard InChI is InChI=1S/C35H19BN2O3/c1-2-8-21(9-3-1)38-24-11-6-14-27-31(24)36-32-25(38)12-7-15-28(32)40-30-19-20(18-29(39-27)33(30)36)22-16-17-37-34-23-10-4-5-13-26(23)41-35(22)34/h1-19H. The summed E-state index contributed by atoms with van der Waals surface area (Å²) in [6.07, 6.45) is 1.84. The van der Waals surface area contributed by atoms with E-state index < -0.39 is 0 Å². The van der Waals surface area contributed by atoms with Crippen molar-refractivity contribution < 1.29 is 13.9 Å². The Morgan fingerprint density at radius 2 is 1.29 bits per heavy atom. The van der Waals surface area contributed by atoms with E-state index in [2.05, 4.69) is 82.7 Å². The van der Waals surface area contributed by atoms with Gasteiger partial charge in [0.25, 0.3) is 6.71 Å². The number of aromatic nitrogens is 1. The zero-order chi connectivity index (χ0) is 26.7. The lowest BCUT2D eigenvalue weighted by molar-refractivity contribution is 0.464. The number of fused-ring (bicyclic) bond motifs is 3. The number of rotatable bonds is 2. The number of benzene rings is 5. The lowest BCUT2D eigenvalue weighted by atomic mass is 9.33. The molecule has 0 unspecified atom stereocenters. The highest BCUT2D eigenvalue weighted by molar-refractivity contribution is 7.00. The van der Waals surface area contributed by atoms with Crippen molar-refractivity contribution in [1.29, 1.82) is 0 Å². The Balaban J connectivity index is 1.23. The number of hydrogen-bond acceptors (Lipinski definition) is 5. The monoisotopic (exact) mass is 526 g/mol. The zero-order valence-corrected chi connectivity index (χ0v) is 21.7. The first kappa shape index (κ1) is 21.4. The highest BCUT2D eigenvalue weighted by atomic mass is 16.5. The number of ether oxygens (including phenoxy) is 2. The number of nitrogens with zero attached hydrogens (tertiary/aromatic N) is 2. The van der Waals surface area contributed by atoms with Crippen molar-refractivity contribution in [3.05, 3.63) is 115 Å². The van der Waals surface area contributed by atoms with E-state index in [0.29, 0.717) is 0 Å². The molecule has 0 saturated carbocycles. The van der Waals surface area contributed by atoms with Gasteiger partial charge in [-0.1, -0.05) is 42.5 Å². The van der Waals surface area contributed by atoms with Gasteiger partial charge in [0.15, 0.2) is 5.58 Å². The van der Waals surface area contributed by atoms with Crippen LogP contribution in [0.5, 0.6) is 23.0 Å². The number of hydrogen-bond donors (Lipinski definition) is 0. The molecule has 7 aromatic rings. The molecule has 6 heteroatoms. The van der Waals surface area contributed by atoms with E-state index in [9.17, 15) is 0 Å². The third-order valence-electron chi connectivity index (χ3n) is 8.56. The van der Waals surface area contributed by atoms with Gasteiger partial charge < -0.3 is 18.8 Å². The molecule has 2 aromatic heterocycles. The van der Waals surface area contributed by atoms with Gasteiger partial charge in [0.05, 0.1) is 0 Å². The molecule has 190 valence electrons. The predicted octanol–water partition coefficient (Wildman–Crippen LogP) is 7.16. The van der Waals surface area contributed by atoms with E-state index in [1.807, 2.05) is 42.6 Å². The average molecular weight is 526 g/mol. The van der Waals surface area contributed by atoms with Gasteiger partial charge in [-0.05, 0) is 83.2 Å². The summed E-state index contributed by atoms with van der Waals surface area (Å²) in [5, 5.41) is 1.00. The van der Waals surface area contributed by atoms with Gasteiger partial charge >= 0.3 is 0 Å². The van der Waals surface area contributed by atoms with Crippen LogP contribution in [-0.4, -0.2) is 11.7 Å². The number of para-hydroxylation sites is 2. The molecule has 5 nitrogen and oxygen atoms in total. The second-order valence-corrected chi connectivity index (χ2v) is 10.7. The van der Waals surface area contributed by atoms with Crippen molar-refractivity contribution >= 4 is 62.2 Å². The molecule has 10 rings (SSSR count). The predicted molar refractivity (Wildman–Crippen MR) is 163 cm³/mol. The van der Waals surface area contributed by atoms with E-state index in [1.54, 1.807) is 0 Å². The first-order chi connectivity index (χ1) is 20.3. The van der Waals surface area contributed by atoms with Crippen LogP contribution in [0.15, 0.2) is 120 Å². The summed E-state index contributed by atoms with van der Waals surface area (Å²) in [5.74, 6) is 3.36. The summed E-state index contributed by atoms with van der Waals surface area (Å²) in [6.45, 7) is 0.0116. The van der Waals surface area contributed by atoms with Gasteiger partial charge in [0, 0.05) is 39.7 Å². The number of anilines is 3. The maximum atomic E-state index is 6.71. The molecule has 3 aliphatic heterocycles. The van der Waals surface area contributed by atoms with Crippen molar-refractivity contribution in [2.75, 3.05) is 4.90 Å². The van der Waals surface area contributed by atoms with Gasteiger partial charge in [-0.25, -0.2) is 0 Å². The number of pyridine rings is 1. The smallest absolute Gasteiger partial charge is 0.266 e. The van der Waals surface area contributed by atoms with E-state index in [-0.39, 0.29) is 6.71 Å². The van der Waals surface area contributed by atoms with Crippen LogP contribution in [0, 0.1) is 0 Å². The van der Waals surface area contributed by atoms with Gasteiger partial charge in [-0.2, -0.15) is 0 Å². The van der Waals surface area contributed by atoms with Gasteiger partial charge in [-0.15, -0.1) is 0 Å². The Morgan fingerprint density at radius 1 is 0.610 bits per heavy atom. The summed E-state index contributed by atoms with van der Waals surface area (Å²) in [4.78, 5) is 6.98. The first-order valence-corrected chi connectivity index (χ1v) is 13.7. The third kappa shape index (κ3) is 2.73. The average Bonchev–Trinajstić information content (AvgIpc) is 3.40. The summed E-state index contributed by atoms with van der Waals surface area (Å²) in [6, 6.07) is 37.4. The van der Waals surface area contributed by atoms with Crippen LogP contribution < -0.4 is 30.8 Å². The molecule has 41 heavy (non-hydrogen) atoms. The van der Waals surface area contributed by atoms with Gasteiger partial charge in [-0.3, -0.25) is 4.98 Å². The fourth-order valence-electron chi connectivity index (χ4n) is 6.91. The Labute approximate surface area is 235 Å². The lowest BCUT2D eigenvalue weighted by Crippen LogP contribution is -2.61. The minimum absolute atomic E-state index is 0.0116. The third-order valence-corrected chi connectivity index (χ3v) is 8.56. The van der Waals surface area contributed by atoms with E-state index in [4.69, 9.17) is 13.9 Å². The Bertz CT molecular complexity index is 2160. The van der Waals surface area contributed by atoms with Crippen LogP contribution in [0.2, 0.25) is 0 Å². The lowest BCUT2D eigenvalue weighted by Gasteiger charge is -2.42. The van der Waals surface area contributed by atoms with Crippen molar-refractivity contribution in [1.82, 2.24) is 4.98 Å². The molecule has 0 spiro atoms. The molecule has 5 heterocycles. The molecule has 0 fully saturated rings. The SMILES string of the molecule is c1ccc(N2c3cccc4c3B3c5c(cc(-c6ccnc7c6oc6ccccc67)cc5Oc5cccc2c53)O4)cc1. The molecule has 5 aromatic carbocycles. The van der Waals surface area contributed by atoms with Crippen molar-refractivity contribution in [2.45, 2.75) is 0 Å². The quantitative estimate of drug-likeness (QED) is 0.224. The molecule has 3 aliphatic rings. The fraction of sp³-hybridized carbons (Fsp3) is 0. The topological polar surface area (TPSA) is 47.7 Å². The summed E-state index contributed by atoms with van der Waals surface area (Å²) < 4.78 is 19.8. The second kappa shape index (κ2) is 7.58. The Kier molecular flexibility index (Phi) is 3.95. The molecule has 0 saturated heterocycles. The molecule has 0 amide bonds. The van der Waals surface area contributed by atoms with Crippen LogP contribution in [0.25, 0.3) is 33.2 Å². The minimum Gasteiger partial charge on any atom is -0.458 e. The van der Waals surface area contributed by atoms with Gasteiger partial charge in [0.2, 0.25) is 0 Å². The summed E-state index contributed by atoms with van der Waals surface area (Å²) in [5.41, 5.74) is 11.1. The van der Waals surface area contributed by atoms with Crippen LogP contribution >= 0.6 is 0 Å². The van der Waals surface area contributed by atoms with E-state index in [1.165, 1.54) is 10.9 Å². The molecule has 0 N–H and O–H groups in total. The maximum absolute atomic E-state index is 6.71. The largest absolute Gasteiger partial charge is 0.458 e. The van der Waals surface area contributed by atoms with Crippen LogP contribution in [-0.2, 0) is 0 Å². The maximum Gasteiger partial charge on any atom is 0.266 e. The van der Waals surface area contributed by atoms with Gasteiger partial charge in [0.1, 0.15) is 34.1 Å². The number of furan rings is 1. The first-order valence-electron chi connectivity index (χ1n) is 13.7. The summed E-state index contributed by atoms with van der Waals surface area (Å²) in [7, 11) is 0. The van der Waals surface area contributed by atoms with Crippen LogP contribution in [0.3, 0.4) is 0 Å². The Morgan fingerprint density at radius 3 is 2.02 bits per heavy atom. The zero-order valence-electron chi connectivity index (χ0n) is 21.7. The van der Waals surface area contributed by atoms with Crippen molar-refractivity contribution in [2.24, 2.45) is 0 Å². The molecule has 0 radical (unpaired) electrons. The normalized spacial score (nSPS) is 13.7. The second-order valence-electron chi connectivity index (χ2n) is 10.7. The van der Waals surface area contributed by atoms with Crippen molar-refractivity contribution in [3.63, 3.8) is 0 Å². The van der Waals surface area contributed by atoms with Crippen LogP contribution in [0.1, 0.15) is 0 Å². The molecule has 0 atom stereocenters. The van der Waals surface area contributed by atoms with E-state index >= 15 is 0 Å². The molecular formula is C35H19BN2O3. The molecule has 0 aliphatic carbocycles. The fourth-order valence-corrected chi connectivity index (χ4v) is 6.91. The van der Waals surface area contributed by atoms with Crippen LogP contribution in [0.4, 0.5) is 17.1 Å². The Hall–Kier alpha value is -5.49. The highest BCUT2D eigenvalue weighted by Crippen LogP contribution is 2.46. The molecular weight excluding hydrogens is 507 g/mol. The van der Waals surface area contributed by atoms with E-state index in [0.717, 1.165) is 78.7 Å². The minimum atomic E-state index is 0.0116. The highest BCUT2D eigenvalue weighted by Gasteiger charge is 2.47. The van der Waals surface area contributed by atoms with Crippen molar-refractivity contribution in [3.8, 4) is 34.1 Å². The molecule has 0 bridgehead atoms.